The third kappa shape index (κ3) is 2.03. The molecule has 0 aliphatic rings. The number of sulfonamides is 1. The van der Waals surface area contributed by atoms with Crippen molar-refractivity contribution in [1.29, 1.82) is 0 Å². The van der Waals surface area contributed by atoms with Crippen molar-refractivity contribution in [3.8, 4) is 0 Å². The van der Waals surface area contributed by atoms with Crippen molar-refractivity contribution in [3.05, 3.63) is 24.3 Å². The lowest BCUT2D eigenvalue weighted by atomic mass is 10.3. The van der Waals surface area contributed by atoms with Crippen LogP contribution < -0.4 is 5.73 Å². The largest absolute Gasteiger partial charge is 0.399 e. The molecule has 0 amide bonds. The van der Waals surface area contributed by atoms with Gasteiger partial charge in [-0.1, -0.05) is 10.5 Å². The number of anilines is 1. The van der Waals surface area contributed by atoms with Gasteiger partial charge in [-0.2, -0.15) is 0 Å². The fourth-order valence-corrected chi connectivity index (χ4v) is 1.95. The monoisotopic (exact) mass is 216 g/mol. The van der Waals surface area contributed by atoms with Gasteiger partial charge < -0.3 is 5.73 Å². The first kappa shape index (κ1) is 11.0. The summed E-state index contributed by atoms with van der Waals surface area (Å²) in [4.78, 5) is 4.73. The van der Waals surface area contributed by atoms with Crippen LogP contribution in [0.3, 0.4) is 0 Å². The van der Waals surface area contributed by atoms with Crippen molar-refractivity contribution < 1.29 is 13.3 Å². The maximum Gasteiger partial charge on any atom is 0.264 e. The molecule has 0 bridgehead atoms. The van der Waals surface area contributed by atoms with Crippen LogP contribution in [0.15, 0.2) is 29.2 Å². The lowest BCUT2D eigenvalue weighted by Crippen LogP contribution is -2.25. The summed E-state index contributed by atoms with van der Waals surface area (Å²) in [6.45, 7) is 0. The number of rotatable bonds is 3. The second-order valence-electron chi connectivity index (χ2n) is 2.67. The van der Waals surface area contributed by atoms with Gasteiger partial charge in [0.1, 0.15) is 0 Å². The molecule has 0 heterocycles. The molecule has 0 atom stereocenters. The molecule has 0 aromatic heterocycles. The van der Waals surface area contributed by atoms with Gasteiger partial charge in [-0.05, 0) is 18.2 Å². The molecule has 0 radical (unpaired) electrons. The third-order valence-electron chi connectivity index (χ3n) is 1.75. The van der Waals surface area contributed by atoms with Gasteiger partial charge >= 0.3 is 0 Å². The SMILES string of the molecule is CON(C)S(=O)(=O)c1cccc(N)c1. The molecule has 1 rings (SSSR count). The Morgan fingerprint density at radius 2 is 2.07 bits per heavy atom. The molecule has 0 saturated heterocycles. The van der Waals surface area contributed by atoms with Crippen molar-refractivity contribution in [3.63, 3.8) is 0 Å². The standard InChI is InChI=1S/C8H12N2O3S/c1-10(13-2)14(11,12)8-5-3-4-7(9)6-8/h3-6H,9H2,1-2H3. The number of benzene rings is 1. The zero-order valence-electron chi connectivity index (χ0n) is 7.97. The molecular weight excluding hydrogens is 204 g/mol. The van der Waals surface area contributed by atoms with E-state index >= 15 is 0 Å². The van der Waals surface area contributed by atoms with Crippen LogP contribution in [-0.4, -0.2) is 27.0 Å². The van der Waals surface area contributed by atoms with Crippen molar-refractivity contribution in [2.24, 2.45) is 0 Å². The minimum absolute atomic E-state index is 0.113. The summed E-state index contributed by atoms with van der Waals surface area (Å²) in [7, 11) is -0.981. The highest BCUT2D eigenvalue weighted by molar-refractivity contribution is 7.89. The zero-order chi connectivity index (χ0) is 10.8. The van der Waals surface area contributed by atoms with Crippen LogP contribution in [0, 0.1) is 0 Å². The highest BCUT2D eigenvalue weighted by atomic mass is 32.2. The molecular formula is C8H12N2O3S. The Morgan fingerprint density at radius 3 is 2.57 bits per heavy atom. The van der Waals surface area contributed by atoms with Gasteiger partial charge in [-0.25, -0.2) is 8.42 Å². The van der Waals surface area contributed by atoms with E-state index < -0.39 is 10.0 Å². The second-order valence-corrected chi connectivity index (χ2v) is 4.61. The average Bonchev–Trinajstić information content (AvgIpc) is 2.16. The Bertz CT molecular complexity index is 416. The molecule has 6 heteroatoms. The van der Waals surface area contributed by atoms with Crippen molar-refractivity contribution >= 4 is 15.7 Å². The van der Waals surface area contributed by atoms with E-state index in [4.69, 9.17) is 5.73 Å². The lowest BCUT2D eigenvalue weighted by Gasteiger charge is -2.13. The summed E-state index contributed by atoms with van der Waals surface area (Å²) >= 11 is 0. The number of hydrogen-bond acceptors (Lipinski definition) is 4. The van der Waals surface area contributed by atoms with Gasteiger partial charge in [0.25, 0.3) is 10.0 Å². The van der Waals surface area contributed by atoms with Crippen LogP contribution in [0.4, 0.5) is 5.69 Å². The maximum atomic E-state index is 11.7. The van der Waals surface area contributed by atoms with Crippen LogP contribution in [0.2, 0.25) is 0 Å². The number of nitrogens with two attached hydrogens (primary N) is 1. The van der Waals surface area contributed by atoms with Crippen LogP contribution in [0.25, 0.3) is 0 Å². The molecule has 0 aliphatic carbocycles. The van der Waals surface area contributed by atoms with E-state index in [1.54, 1.807) is 12.1 Å². The van der Waals surface area contributed by atoms with Gasteiger partial charge in [-0.3, -0.25) is 4.84 Å². The summed E-state index contributed by atoms with van der Waals surface area (Å²) in [6, 6.07) is 6.03. The van der Waals surface area contributed by atoms with E-state index in [-0.39, 0.29) is 4.90 Å². The summed E-state index contributed by atoms with van der Waals surface area (Å²) in [6.07, 6.45) is 0. The van der Waals surface area contributed by atoms with Gasteiger partial charge in [-0.15, -0.1) is 0 Å². The molecule has 14 heavy (non-hydrogen) atoms. The Morgan fingerprint density at radius 1 is 1.43 bits per heavy atom. The topological polar surface area (TPSA) is 72.6 Å². The highest BCUT2D eigenvalue weighted by Crippen LogP contribution is 2.16. The quantitative estimate of drug-likeness (QED) is 0.588. The van der Waals surface area contributed by atoms with E-state index in [2.05, 4.69) is 4.84 Å². The van der Waals surface area contributed by atoms with E-state index in [1.165, 1.54) is 26.3 Å². The molecule has 0 unspecified atom stereocenters. The van der Waals surface area contributed by atoms with Crippen LogP contribution in [0.5, 0.6) is 0 Å². The first-order valence-electron chi connectivity index (χ1n) is 3.87. The molecule has 5 nitrogen and oxygen atoms in total. The molecule has 0 spiro atoms. The summed E-state index contributed by atoms with van der Waals surface area (Å²) in [5.41, 5.74) is 5.87. The summed E-state index contributed by atoms with van der Waals surface area (Å²) < 4.78 is 24.1. The average molecular weight is 216 g/mol. The Hall–Kier alpha value is -1.11. The van der Waals surface area contributed by atoms with Gasteiger partial charge in [0.05, 0.1) is 12.0 Å². The number of hydrogen-bond donors (Lipinski definition) is 1. The predicted molar refractivity (Wildman–Crippen MR) is 52.8 cm³/mol. The van der Waals surface area contributed by atoms with E-state index in [9.17, 15) is 8.42 Å². The van der Waals surface area contributed by atoms with Crippen LogP contribution in [0.1, 0.15) is 0 Å². The number of nitrogens with zero attached hydrogens (tertiary/aromatic N) is 1. The number of nitrogen functional groups attached to an aromatic ring is 1. The van der Waals surface area contributed by atoms with E-state index in [0.717, 1.165) is 4.47 Å². The lowest BCUT2D eigenvalue weighted by molar-refractivity contribution is -0.0258. The molecule has 1 aromatic rings. The predicted octanol–water partition coefficient (Wildman–Crippen LogP) is 0.451. The fourth-order valence-electron chi connectivity index (χ4n) is 0.922. The Kier molecular flexibility index (Phi) is 3.10. The van der Waals surface area contributed by atoms with Crippen molar-refractivity contribution in [1.82, 2.24) is 4.47 Å². The smallest absolute Gasteiger partial charge is 0.264 e. The van der Waals surface area contributed by atoms with E-state index in [1.807, 2.05) is 0 Å². The highest BCUT2D eigenvalue weighted by Gasteiger charge is 2.20. The third-order valence-corrected chi connectivity index (χ3v) is 3.43. The Balaban J connectivity index is 3.17. The molecule has 1 aromatic carbocycles. The Labute approximate surface area is 83.1 Å². The zero-order valence-corrected chi connectivity index (χ0v) is 8.78. The number of hydroxylamine groups is 1. The van der Waals surface area contributed by atoms with Crippen molar-refractivity contribution in [2.75, 3.05) is 19.9 Å². The first-order chi connectivity index (χ1) is 6.48. The minimum atomic E-state index is -3.58. The molecule has 0 saturated carbocycles. The van der Waals surface area contributed by atoms with Gasteiger partial charge in [0.15, 0.2) is 0 Å². The molecule has 2 N–H and O–H groups in total. The summed E-state index contributed by atoms with van der Waals surface area (Å²) in [5, 5.41) is 0. The van der Waals surface area contributed by atoms with Crippen LogP contribution in [-0.2, 0) is 14.9 Å². The van der Waals surface area contributed by atoms with Crippen LogP contribution >= 0.6 is 0 Å². The first-order valence-corrected chi connectivity index (χ1v) is 5.31. The van der Waals surface area contributed by atoms with Gasteiger partial charge in [0, 0.05) is 12.7 Å². The van der Waals surface area contributed by atoms with Gasteiger partial charge in [0.2, 0.25) is 0 Å². The fraction of sp³-hybridized carbons (Fsp3) is 0.250. The van der Waals surface area contributed by atoms with E-state index in [0.29, 0.717) is 5.69 Å². The second kappa shape index (κ2) is 3.95. The maximum absolute atomic E-state index is 11.7. The molecule has 78 valence electrons. The molecule has 0 fully saturated rings. The summed E-state index contributed by atoms with van der Waals surface area (Å²) in [5.74, 6) is 0. The minimum Gasteiger partial charge on any atom is -0.399 e. The van der Waals surface area contributed by atoms with Crippen molar-refractivity contribution in [2.45, 2.75) is 4.90 Å². The molecule has 0 aliphatic heterocycles. The normalized spacial score (nSPS) is 11.9.